The van der Waals surface area contributed by atoms with Crippen molar-refractivity contribution < 1.29 is 19.3 Å². The number of anilines is 2. The smallest absolute Gasteiger partial charge is 0.371 e. The molecule has 1 unspecified atom stereocenters. The Hall–Kier alpha value is -2.57. The van der Waals surface area contributed by atoms with E-state index in [9.17, 15) is 4.79 Å². The summed E-state index contributed by atoms with van der Waals surface area (Å²) in [4.78, 5) is 23.5. The number of rotatable bonds is 11. The molecule has 1 heterocycles. The van der Waals surface area contributed by atoms with Gasteiger partial charge < -0.3 is 15.0 Å². The van der Waals surface area contributed by atoms with Crippen molar-refractivity contribution in [2.24, 2.45) is 0 Å². The van der Waals surface area contributed by atoms with Crippen LogP contribution in [0.5, 0.6) is 0 Å². The highest BCUT2D eigenvalue weighted by Gasteiger charge is 2.22. The highest BCUT2D eigenvalue weighted by molar-refractivity contribution is 5.74. The monoisotopic (exact) mass is 412 g/mol. The molecular formula is C24H32N2O4. The lowest BCUT2D eigenvalue weighted by Gasteiger charge is -2.31. The number of nitrogens with zero attached hydrogens (tertiary/aromatic N) is 1. The number of hydrogen-bond donors (Lipinski definition) is 1. The lowest BCUT2D eigenvalue weighted by atomic mass is 10.0. The molecule has 0 saturated heterocycles. The molecular weight excluding hydrogens is 380 g/mol. The van der Waals surface area contributed by atoms with Gasteiger partial charge in [0.15, 0.2) is 6.10 Å². The molecule has 1 aliphatic heterocycles. The van der Waals surface area contributed by atoms with Crippen LogP contribution in [0.2, 0.25) is 0 Å². The van der Waals surface area contributed by atoms with Crippen molar-refractivity contribution >= 4 is 17.3 Å². The van der Waals surface area contributed by atoms with Gasteiger partial charge in [0, 0.05) is 44.0 Å². The summed E-state index contributed by atoms with van der Waals surface area (Å²) in [5.74, 6) is -0.513. The van der Waals surface area contributed by atoms with Crippen LogP contribution in [0.4, 0.5) is 11.4 Å². The molecule has 6 nitrogen and oxygen atoms in total. The molecule has 30 heavy (non-hydrogen) atoms. The molecule has 2 aromatic carbocycles. The molecule has 2 aromatic rings. The molecule has 0 radical (unpaired) electrons. The predicted octanol–water partition coefficient (Wildman–Crippen LogP) is 3.99. The van der Waals surface area contributed by atoms with E-state index in [4.69, 9.17) is 4.74 Å². The lowest BCUT2D eigenvalue weighted by Crippen LogP contribution is -2.31. The van der Waals surface area contributed by atoms with Gasteiger partial charge in [0.25, 0.3) is 0 Å². The minimum Gasteiger partial charge on any atom is -0.385 e. The van der Waals surface area contributed by atoms with Gasteiger partial charge in [-0.25, -0.2) is 4.79 Å². The number of hydrogen-bond acceptors (Lipinski definition) is 6. The first-order chi connectivity index (χ1) is 14.7. The SMILES string of the molecule is CCOC(Cc1ccc(NCCCN2CCCc3ccccc32)cc1)C(=O)OOC. The van der Waals surface area contributed by atoms with Crippen LogP contribution in [0.1, 0.15) is 30.9 Å². The summed E-state index contributed by atoms with van der Waals surface area (Å²) in [7, 11) is 1.31. The predicted molar refractivity (Wildman–Crippen MR) is 119 cm³/mol. The zero-order chi connectivity index (χ0) is 21.2. The molecule has 0 bridgehead atoms. The number of carbonyl (C=O) groups excluding carboxylic acids is 1. The average Bonchev–Trinajstić information content (AvgIpc) is 2.77. The fourth-order valence-corrected chi connectivity index (χ4v) is 3.87. The number of nitrogens with one attached hydrogen (secondary N) is 1. The van der Waals surface area contributed by atoms with Crippen LogP contribution < -0.4 is 10.2 Å². The zero-order valence-corrected chi connectivity index (χ0v) is 17.9. The molecule has 0 aliphatic carbocycles. The van der Waals surface area contributed by atoms with E-state index >= 15 is 0 Å². The van der Waals surface area contributed by atoms with Crippen LogP contribution in [0.3, 0.4) is 0 Å². The third-order valence-corrected chi connectivity index (χ3v) is 5.31. The topological polar surface area (TPSA) is 60.0 Å². The quantitative estimate of drug-likeness (QED) is 0.342. The molecule has 1 aliphatic rings. The van der Waals surface area contributed by atoms with E-state index < -0.39 is 12.1 Å². The normalized spacial score (nSPS) is 14.1. The molecule has 1 N–H and O–H groups in total. The van der Waals surface area contributed by atoms with Crippen molar-refractivity contribution in [1.29, 1.82) is 0 Å². The van der Waals surface area contributed by atoms with Crippen LogP contribution in [-0.4, -0.2) is 45.4 Å². The fourth-order valence-electron chi connectivity index (χ4n) is 3.87. The van der Waals surface area contributed by atoms with E-state index in [0.29, 0.717) is 13.0 Å². The first-order valence-corrected chi connectivity index (χ1v) is 10.7. The van der Waals surface area contributed by atoms with Gasteiger partial charge in [0.05, 0.1) is 7.11 Å². The Morgan fingerprint density at radius 2 is 1.97 bits per heavy atom. The van der Waals surface area contributed by atoms with Crippen molar-refractivity contribution in [1.82, 2.24) is 0 Å². The van der Waals surface area contributed by atoms with Gasteiger partial charge >= 0.3 is 5.97 Å². The summed E-state index contributed by atoms with van der Waals surface area (Å²) in [5, 5.41) is 3.49. The summed E-state index contributed by atoms with van der Waals surface area (Å²) in [6.45, 7) is 5.39. The van der Waals surface area contributed by atoms with Crippen molar-refractivity contribution in [2.75, 3.05) is 43.6 Å². The van der Waals surface area contributed by atoms with E-state index in [1.165, 1.54) is 31.2 Å². The molecule has 0 amide bonds. The molecule has 6 heteroatoms. The van der Waals surface area contributed by atoms with E-state index in [0.717, 1.165) is 37.3 Å². The minimum absolute atomic E-state index is 0.435. The summed E-state index contributed by atoms with van der Waals surface area (Å²) >= 11 is 0. The Labute approximate surface area is 179 Å². The Kier molecular flexibility index (Phi) is 8.53. The van der Waals surface area contributed by atoms with Crippen LogP contribution in [0.15, 0.2) is 48.5 Å². The highest BCUT2D eigenvalue weighted by atomic mass is 17.2. The van der Waals surface area contributed by atoms with Crippen molar-refractivity contribution in [3.05, 3.63) is 59.7 Å². The lowest BCUT2D eigenvalue weighted by molar-refractivity contribution is -0.263. The standard InChI is InChI=1S/C24H32N2O4/c1-3-29-23(24(27)30-28-2)18-19-11-13-21(14-12-19)25-15-7-17-26-16-6-9-20-8-4-5-10-22(20)26/h4-5,8,10-14,23,25H,3,6-7,9,15-18H2,1-2H3. The molecule has 1 atom stereocenters. The van der Waals surface area contributed by atoms with Crippen LogP contribution in [0.25, 0.3) is 0 Å². The molecule has 162 valence electrons. The summed E-state index contributed by atoms with van der Waals surface area (Å²) in [6.07, 6.45) is 3.27. The van der Waals surface area contributed by atoms with E-state index in [-0.39, 0.29) is 0 Å². The average molecular weight is 413 g/mol. The Morgan fingerprint density at radius 3 is 2.73 bits per heavy atom. The first-order valence-electron chi connectivity index (χ1n) is 10.7. The zero-order valence-electron chi connectivity index (χ0n) is 17.9. The number of aryl methyl sites for hydroxylation is 1. The molecule has 0 fully saturated rings. The number of fused-ring (bicyclic) bond motifs is 1. The van der Waals surface area contributed by atoms with Crippen molar-refractivity contribution in [3.63, 3.8) is 0 Å². The fraction of sp³-hybridized carbons (Fsp3) is 0.458. The number of para-hydroxylation sites is 1. The summed E-state index contributed by atoms with van der Waals surface area (Å²) in [6, 6.07) is 16.8. The number of benzene rings is 2. The molecule has 0 aromatic heterocycles. The highest BCUT2D eigenvalue weighted by Crippen LogP contribution is 2.26. The summed E-state index contributed by atoms with van der Waals surface area (Å²) < 4.78 is 5.48. The van der Waals surface area contributed by atoms with Crippen LogP contribution in [-0.2, 0) is 32.1 Å². The largest absolute Gasteiger partial charge is 0.385 e. The van der Waals surface area contributed by atoms with Gasteiger partial charge in [0.2, 0.25) is 0 Å². The van der Waals surface area contributed by atoms with E-state index in [1.54, 1.807) is 0 Å². The molecule has 0 spiro atoms. The van der Waals surface area contributed by atoms with Gasteiger partial charge in [0.1, 0.15) is 0 Å². The third-order valence-electron chi connectivity index (χ3n) is 5.31. The Bertz CT molecular complexity index is 794. The molecule has 0 saturated carbocycles. The number of ether oxygens (including phenoxy) is 1. The van der Waals surface area contributed by atoms with Crippen LogP contribution >= 0.6 is 0 Å². The maximum atomic E-state index is 11.9. The second-order valence-corrected chi connectivity index (χ2v) is 7.41. The summed E-state index contributed by atoms with van der Waals surface area (Å²) in [5.41, 5.74) is 4.94. The van der Waals surface area contributed by atoms with Crippen molar-refractivity contribution in [2.45, 2.75) is 38.7 Å². The Balaban J connectivity index is 1.44. The third kappa shape index (κ3) is 6.21. The van der Waals surface area contributed by atoms with Crippen LogP contribution in [0, 0.1) is 0 Å². The maximum absolute atomic E-state index is 11.9. The first kappa shape index (κ1) is 22.1. The maximum Gasteiger partial charge on any atom is 0.371 e. The van der Waals surface area contributed by atoms with Gasteiger partial charge in [-0.3, -0.25) is 4.89 Å². The Morgan fingerprint density at radius 1 is 1.17 bits per heavy atom. The minimum atomic E-state index is -0.666. The van der Waals surface area contributed by atoms with Gasteiger partial charge in [-0.1, -0.05) is 30.3 Å². The van der Waals surface area contributed by atoms with Gasteiger partial charge in [-0.2, -0.15) is 4.89 Å². The van der Waals surface area contributed by atoms with E-state index in [2.05, 4.69) is 44.3 Å². The number of carbonyl (C=O) groups is 1. The second-order valence-electron chi connectivity index (χ2n) is 7.41. The second kappa shape index (κ2) is 11.6. The van der Waals surface area contributed by atoms with E-state index in [1.807, 2.05) is 31.2 Å². The van der Waals surface area contributed by atoms with Crippen molar-refractivity contribution in [3.8, 4) is 0 Å². The van der Waals surface area contributed by atoms with Gasteiger partial charge in [-0.05, 0) is 55.5 Å². The molecule has 3 rings (SSSR count). The van der Waals surface area contributed by atoms with Gasteiger partial charge in [-0.15, -0.1) is 0 Å².